The number of nitrogens with one attached hydrogen (secondary N) is 2. The van der Waals surface area contributed by atoms with E-state index in [0.717, 1.165) is 53.2 Å². The quantitative estimate of drug-likeness (QED) is 0.468. The Morgan fingerprint density at radius 2 is 2.03 bits per heavy atom. The number of halogens is 2. The SMILES string of the molecule is Cc1cc(C(C)NC(=O)c2cc(CNC3=NCCC3)cc(-c3ccc(F)nc3C)c2)ncc1Cl. The van der Waals surface area contributed by atoms with Crippen molar-refractivity contribution in [2.45, 2.75) is 46.2 Å². The van der Waals surface area contributed by atoms with Crippen LogP contribution < -0.4 is 10.6 Å². The monoisotopic (exact) mass is 479 g/mol. The zero-order valence-corrected chi connectivity index (χ0v) is 20.2. The van der Waals surface area contributed by atoms with E-state index < -0.39 is 5.95 Å². The van der Waals surface area contributed by atoms with Gasteiger partial charge in [-0.3, -0.25) is 14.8 Å². The lowest BCUT2D eigenvalue weighted by molar-refractivity contribution is 0.0939. The molecule has 1 amide bonds. The lowest BCUT2D eigenvalue weighted by Crippen LogP contribution is -2.27. The Labute approximate surface area is 203 Å². The van der Waals surface area contributed by atoms with Gasteiger partial charge in [0.1, 0.15) is 0 Å². The molecule has 176 valence electrons. The molecule has 1 atom stereocenters. The second-order valence-corrected chi connectivity index (χ2v) is 8.93. The maximum Gasteiger partial charge on any atom is 0.251 e. The van der Waals surface area contributed by atoms with E-state index in [4.69, 9.17) is 11.6 Å². The van der Waals surface area contributed by atoms with Crippen molar-refractivity contribution < 1.29 is 9.18 Å². The van der Waals surface area contributed by atoms with Crippen molar-refractivity contribution in [2.24, 2.45) is 4.99 Å². The van der Waals surface area contributed by atoms with Crippen molar-refractivity contribution in [3.8, 4) is 11.1 Å². The number of rotatable bonds is 6. The first kappa shape index (κ1) is 23.8. The molecule has 2 aromatic heterocycles. The van der Waals surface area contributed by atoms with Crippen LogP contribution in [0.25, 0.3) is 11.1 Å². The molecule has 3 heterocycles. The number of hydrogen-bond donors (Lipinski definition) is 2. The third kappa shape index (κ3) is 5.59. The van der Waals surface area contributed by atoms with Gasteiger partial charge >= 0.3 is 0 Å². The Bertz CT molecular complexity index is 1260. The van der Waals surface area contributed by atoms with Crippen molar-refractivity contribution in [1.82, 2.24) is 20.6 Å². The molecule has 8 heteroatoms. The molecule has 1 aromatic carbocycles. The van der Waals surface area contributed by atoms with Gasteiger partial charge in [0, 0.05) is 42.5 Å². The number of benzene rings is 1. The number of aryl methyl sites for hydroxylation is 2. The molecule has 0 fully saturated rings. The van der Waals surface area contributed by atoms with Gasteiger partial charge in [-0.1, -0.05) is 11.6 Å². The highest BCUT2D eigenvalue weighted by molar-refractivity contribution is 6.31. The summed E-state index contributed by atoms with van der Waals surface area (Å²) in [5.41, 5.74) is 5.20. The van der Waals surface area contributed by atoms with Gasteiger partial charge < -0.3 is 10.6 Å². The summed E-state index contributed by atoms with van der Waals surface area (Å²) in [7, 11) is 0. The molecule has 0 saturated carbocycles. The number of amides is 1. The molecule has 0 radical (unpaired) electrons. The maximum atomic E-state index is 13.6. The third-order valence-electron chi connectivity index (χ3n) is 5.85. The fourth-order valence-corrected chi connectivity index (χ4v) is 4.06. The molecule has 6 nitrogen and oxygen atoms in total. The minimum absolute atomic E-state index is 0.226. The highest BCUT2D eigenvalue weighted by atomic mass is 35.5. The molecular weight excluding hydrogens is 453 g/mol. The van der Waals surface area contributed by atoms with E-state index >= 15 is 0 Å². The van der Waals surface area contributed by atoms with Crippen LogP contribution in [0.15, 0.2) is 47.6 Å². The fourth-order valence-electron chi connectivity index (χ4n) is 3.96. The van der Waals surface area contributed by atoms with Crippen LogP contribution in [-0.4, -0.2) is 28.3 Å². The normalized spacial score (nSPS) is 14.0. The van der Waals surface area contributed by atoms with Crippen molar-refractivity contribution in [2.75, 3.05) is 6.54 Å². The molecule has 0 saturated heterocycles. The average molecular weight is 480 g/mol. The van der Waals surface area contributed by atoms with E-state index in [1.54, 1.807) is 25.3 Å². The summed E-state index contributed by atoms with van der Waals surface area (Å²) < 4.78 is 13.6. The van der Waals surface area contributed by atoms with Gasteiger partial charge in [0.05, 0.1) is 22.6 Å². The van der Waals surface area contributed by atoms with Gasteiger partial charge in [-0.25, -0.2) is 4.98 Å². The second kappa shape index (κ2) is 10.3. The van der Waals surface area contributed by atoms with Crippen LogP contribution in [0.2, 0.25) is 5.02 Å². The van der Waals surface area contributed by atoms with Crippen LogP contribution in [-0.2, 0) is 6.54 Å². The summed E-state index contributed by atoms with van der Waals surface area (Å²) in [5, 5.41) is 6.97. The molecule has 3 aromatic rings. The van der Waals surface area contributed by atoms with Crippen molar-refractivity contribution in [3.05, 3.63) is 81.6 Å². The lowest BCUT2D eigenvalue weighted by atomic mass is 9.98. The van der Waals surface area contributed by atoms with E-state index in [1.807, 2.05) is 32.0 Å². The molecule has 0 bridgehead atoms. The number of pyridine rings is 2. The van der Waals surface area contributed by atoms with Gasteiger partial charge in [-0.15, -0.1) is 0 Å². The smallest absolute Gasteiger partial charge is 0.251 e. The van der Waals surface area contributed by atoms with E-state index in [9.17, 15) is 9.18 Å². The van der Waals surface area contributed by atoms with Gasteiger partial charge in [-0.05, 0) is 80.3 Å². The Morgan fingerprint density at radius 1 is 1.21 bits per heavy atom. The lowest BCUT2D eigenvalue weighted by Gasteiger charge is -2.16. The molecule has 0 spiro atoms. The number of carbonyl (C=O) groups is 1. The van der Waals surface area contributed by atoms with Crippen molar-refractivity contribution in [3.63, 3.8) is 0 Å². The zero-order chi connectivity index (χ0) is 24.2. The number of carbonyl (C=O) groups excluding carboxylic acids is 1. The molecule has 2 N–H and O–H groups in total. The predicted octanol–water partition coefficient (Wildman–Crippen LogP) is 5.33. The Kier molecular flexibility index (Phi) is 7.22. The van der Waals surface area contributed by atoms with Gasteiger partial charge in [0.15, 0.2) is 0 Å². The molecular formula is C26H27ClFN5O. The molecule has 0 aliphatic carbocycles. The molecule has 4 rings (SSSR count). The minimum atomic E-state index is -0.532. The van der Waals surface area contributed by atoms with Crippen LogP contribution in [0.1, 0.15) is 58.7 Å². The second-order valence-electron chi connectivity index (χ2n) is 8.52. The molecule has 34 heavy (non-hydrogen) atoms. The largest absolute Gasteiger partial charge is 0.370 e. The van der Waals surface area contributed by atoms with Crippen LogP contribution in [0.3, 0.4) is 0 Å². The van der Waals surface area contributed by atoms with E-state index in [1.165, 1.54) is 6.07 Å². The van der Waals surface area contributed by atoms with Crippen LogP contribution in [0, 0.1) is 19.8 Å². The molecule has 1 aliphatic heterocycles. The topological polar surface area (TPSA) is 79.3 Å². The van der Waals surface area contributed by atoms with Crippen LogP contribution in [0.5, 0.6) is 0 Å². The van der Waals surface area contributed by atoms with Crippen LogP contribution in [0.4, 0.5) is 4.39 Å². The number of nitrogens with zero attached hydrogens (tertiary/aromatic N) is 3. The highest BCUT2D eigenvalue weighted by Gasteiger charge is 2.17. The summed E-state index contributed by atoms with van der Waals surface area (Å²) in [4.78, 5) is 26.0. The Hall–Kier alpha value is -3.32. The predicted molar refractivity (Wildman–Crippen MR) is 133 cm³/mol. The Morgan fingerprint density at radius 3 is 2.74 bits per heavy atom. The number of aliphatic imine (C=N–C) groups is 1. The van der Waals surface area contributed by atoms with Gasteiger partial charge in [0.2, 0.25) is 5.95 Å². The van der Waals surface area contributed by atoms with E-state index in [2.05, 4.69) is 25.6 Å². The van der Waals surface area contributed by atoms with Gasteiger partial charge in [-0.2, -0.15) is 4.39 Å². The fraction of sp³-hybridized carbons (Fsp3) is 0.308. The average Bonchev–Trinajstić information content (AvgIpc) is 3.33. The van der Waals surface area contributed by atoms with Crippen LogP contribution >= 0.6 is 11.6 Å². The first-order chi connectivity index (χ1) is 16.3. The zero-order valence-electron chi connectivity index (χ0n) is 19.5. The molecule has 1 unspecified atom stereocenters. The summed E-state index contributed by atoms with van der Waals surface area (Å²) in [6.07, 6.45) is 3.57. The summed E-state index contributed by atoms with van der Waals surface area (Å²) in [5.74, 6) is 0.223. The standard InChI is InChI=1S/C26H27ClFN5O/c1-15-9-23(30-14-22(15)27)17(3)33-26(34)20-11-18(13-31-25-5-4-8-29-25)10-19(12-20)21-6-7-24(28)32-16(21)2/h6-7,9-12,14,17H,4-5,8,13H2,1-3H3,(H,29,31)(H,33,34). The number of amidine groups is 1. The highest BCUT2D eigenvalue weighted by Crippen LogP contribution is 2.26. The maximum absolute atomic E-state index is 13.6. The summed E-state index contributed by atoms with van der Waals surface area (Å²) in [6.45, 7) is 6.92. The van der Waals surface area contributed by atoms with Gasteiger partial charge in [0.25, 0.3) is 5.91 Å². The van der Waals surface area contributed by atoms with Crippen molar-refractivity contribution in [1.29, 1.82) is 0 Å². The number of aromatic nitrogens is 2. The van der Waals surface area contributed by atoms with Crippen molar-refractivity contribution >= 4 is 23.3 Å². The third-order valence-corrected chi connectivity index (χ3v) is 6.24. The minimum Gasteiger partial charge on any atom is -0.370 e. The van der Waals surface area contributed by atoms with E-state index in [-0.39, 0.29) is 11.9 Å². The Balaban J connectivity index is 1.63. The number of hydrogen-bond acceptors (Lipinski definition) is 5. The molecule has 1 aliphatic rings. The van der Waals surface area contributed by atoms with E-state index in [0.29, 0.717) is 22.8 Å². The first-order valence-electron chi connectivity index (χ1n) is 11.3. The summed E-state index contributed by atoms with van der Waals surface area (Å²) in [6, 6.07) is 10.2. The summed E-state index contributed by atoms with van der Waals surface area (Å²) >= 11 is 6.09. The first-order valence-corrected chi connectivity index (χ1v) is 11.7.